The van der Waals surface area contributed by atoms with Crippen molar-refractivity contribution in [3.8, 4) is 0 Å². The molecule has 0 bridgehead atoms. The number of benzene rings is 1. The molecule has 2 aromatic rings. The van der Waals surface area contributed by atoms with Gasteiger partial charge in [0.15, 0.2) is 9.84 Å². The summed E-state index contributed by atoms with van der Waals surface area (Å²) in [7, 11) is -3.22. The fourth-order valence-corrected chi connectivity index (χ4v) is 5.80. The summed E-state index contributed by atoms with van der Waals surface area (Å²) in [5.74, 6) is 0.0913. The normalized spacial score (nSPS) is 19.6. The summed E-state index contributed by atoms with van der Waals surface area (Å²) in [5, 5.41) is 0. The second-order valence-corrected chi connectivity index (χ2v) is 10.8. The molecule has 32 heavy (non-hydrogen) atoms. The molecule has 4 rings (SSSR count). The largest absolute Gasteiger partial charge is 0.337 e. The first-order valence-electron chi connectivity index (χ1n) is 11.4. The van der Waals surface area contributed by atoms with Crippen molar-refractivity contribution in [3.05, 3.63) is 59.9 Å². The lowest BCUT2D eigenvalue weighted by atomic mass is 10.0. The highest BCUT2D eigenvalue weighted by atomic mass is 32.2. The zero-order valence-corrected chi connectivity index (χ0v) is 19.5. The third-order valence-corrected chi connectivity index (χ3v) is 7.78. The van der Waals surface area contributed by atoms with E-state index in [0.29, 0.717) is 23.0 Å². The number of carbonyl (C=O) groups excluding carboxylic acids is 1. The molecule has 8 heteroatoms. The maximum atomic E-state index is 12.8. The smallest absolute Gasteiger partial charge is 0.254 e. The molecule has 7 nitrogen and oxygen atoms in total. The number of rotatable bonds is 5. The maximum Gasteiger partial charge on any atom is 0.254 e. The van der Waals surface area contributed by atoms with Crippen LogP contribution in [0.4, 0.5) is 0 Å². The van der Waals surface area contributed by atoms with Crippen molar-refractivity contribution in [2.24, 2.45) is 0 Å². The third-order valence-electron chi connectivity index (χ3n) is 6.58. The standard InChI is InChI=1S/C24H32N4O3S/c1-32(30,31)23-6-3-2-5-21(23)19-26-15-9-22(10-16-26)27-13-4-14-28(18-17-27)24(29)20-7-11-25-12-8-20/h2-3,5-8,11-12,22H,4,9-10,13-19H2,1H3. The Morgan fingerprint density at radius 1 is 0.969 bits per heavy atom. The summed E-state index contributed by atoms with van der Waals surface area (Å²) in [6.45, 7) is 6.05. The first-order valence-corrected chi connectivity index (χ1v) is 13.2. The number of piperidine rings is 1. The van der Waals surface area contributed by atoms with Crippen molar-refractivity contribution in [1.29, 1.82) is 0 Å². The van der Waals surface area contributed by atoms with Crippen LogP contribution in [0, 0.1) is 0 Å². The minimum atomic E-state index is -3.22. The van der Waals surface area contributed by atoms with Gasteiger partial charge in [0.25, 0.3) is 5.91 Å². The van der Waals surface area contributed by atoms with Crippen LogP contribution in [0.3, 0.4) is 0 Å². The number of carbonyl (C=O) groups is 1. The molecule has 0 aliphatic carbocycles. The van der Waals surface area contributed by atoms with Gasteiger partial charge in [-0.25, -0.2) is 8.42 Å². The Balaban J connectivity index is 1.30. The molecule has 0 N–H and O–H groups in total. The molecule has 3 heterocycles. The van der Waals surface area contributed by atoms with Gasteiger partial charge in [-0.15, -0.1) is 0 Å². The predicted molar refractivity (Wildman–Crippen MR) is 124 cm³/mol. The monoisotopic (exact) mass is 456 g/mol. The number of sulfone groups is 1. The van der Waals surface area contributed by atoms with E-state index in [1.165, 1.54) is 6.26 Å². The van der Waals surface area contributed by atoms with E-state index in [-0.39, 0.29) is 5.91 Å². The number of amides is 1. The molecule has 2 aliphatic heterocycles. The second kappa shape index (κ2) is 10.1. The number of aromatic nitrogens is 1. The zero-order valence-electron chi connectivity index (χ0n) is 18.7. The summed E-state index contributed by atoms with van der Waals surface area (Å²) in [6, 6.07) is 11.4. The Kier molecular flexibility index (Phi) is 7.23. The van der Waals surface area contributed by atoms with Gasteiger partial charge in [-0.2, -0.15) is 0 Å². The summed E-state index contributed by atoms with van der Waals surface area (Å²) in [6.07, 6.45) is 7.73. The van der Waals surface area contributed by atoms with Gasteiger partial charge in [0.2, 0.25) is 0 Å². The van der Waals surface area contributed by atoms with E-state index < -0.39 is 9.84 Å². The molecule has 172 valence electrons. The molecule has 1 aromatic carbocycles. The zero-order chi connectivity index (χ0) is 22.6. The minimum Gasteiger partial charge on any atom is -0.337 e. The average Bonchev–Trinajstić information content (AvgIpc) is 3.06. The number of hydrogen-bond donors (Lipinski definition) is 0. The van der Waals surface area contributed by atoms with Gasteiger partial charge >= 0.3 is 0 Å². The summed E-state index contributed by atoms with van der Waals surface area (Å²) >= 11 is 0. The van der Waals surface area contributed by atoms with E-state index >= 15 is 0 Å². The Bertz CT molecular complexity index is 1020. The molecule has 0 spiro atoms. The molecule has 0 unspecified atom stereocenters. The van der Waals surface area contributed by atoms with Crippen LogP contribution < -0.4 is 0 Å². The fraction of sp³-hybridized carbons (Fsp3) is 0.500. The highest BCUT2D eigenvalue weighted by Gasteiger charge is 2.28. The van der Waals surface area contributed by atoms with E-state index in [2.05, 4.69) is 14.8 Å². The summed E-state index contributed by atoms with van der Waals surface area (Å²) in [5.41, 5.74) is 1.59. The number of pyridine rings is 1. The van der Waals surface area contributed by atoms with E-state index in [1.807, 2.05) is 17.0 Å². The summed E-state index contributed by atoms with van der Waals surface area (Å²) in [4.78, 5) is 24.1. The van der Waals surface area contributed by atoms with Crippen molar-refractivity contribution in [3.63, 3.8) is 0 Å². The van der Waals surface area contributed by atoms with Gasteiger partial charge in [-0.1, -0.05) is 18.2 Å². The van der Waals surface area contributed by atoms with Crippen LogP contribution in [0.5, 0.6) is 0 Å². The molecule has 0 saturated carbocycles. The average molecular weight is 457 g/mol. The van der Waals surface area contributed by atoms with Crippen LogP contribution in [-0.4, -0.2) is 85.6 Å². The molecule has 2 fully saturated rings. The minimum absolute atomic E-state index is 0.0913. The van der Waals surface area contributed by atoms with Gasteiger partial charge in [-0.3, -0.25) is 19.6 Å². The van der Waals surface area contributed by atoms with Crippen molar-refractivity contribution in [2.75, 3.05) is 45.5 Å². The lowest BCUT2D eigenvalue weighted by molar-refractivity contribution is 0.0745. The van der Waals surface area contributed by atoms with Crippen molar-refractivity contribution in [1.82, 2.24) is 19.7 Å². The lowest BCUT2D eigenvalue weighted by Crippen LogP contribution is -2.46. The molecule has 0 atom stereocenters. The number of likely N-dealkylation sites (tertiary alicyclic amines) is 1. The molecule has 1 aromatic heterocycles. The number of hydrogen-bond acceptors (Lipinski definition) is 6. The van der Waals surface area contributed by atoms with Gasteiger partial charge in [0, 0.05) is 63.0 Å². The van der Waals surface area contributed by atoms with Crippen molar-refractivity contribution >= 4 is 15.7 Å². The number of nitrogens with zero attached hydrogens (tertiary/aromatic N) is 4. The van der Waals surface area contributed by atoms with Crippen LogP contribution in [0.15, 0.2) is 53.7 Å². The second-order valence-electron chi connectivity index (χ2n) is 8.80. The van der Waals surface area contributed by atoms with E-state index in [9.17, 15) is 13.2 Å². The van der Waals surface area contributed by atoms with Crippen molar-refractivity contribution in [2.45, 2.75) is 36.7 Å². The highest BCUT2D eigenvalue weighted by molar-refractivity contribution is 7.90. The van der Waals surface area contributed by atoms with Crippen LogP contribution >= 0.6 is 0 Å². The van der Waals surface area contributed by atoms with Crippen LogP contribution in [0.25, 0.3) is 0 Å². The SMILES string of the molecule is CS(=O)(=O)c1ccccc1CN1CCC(N2CCCN(C(=O)c3ccncc3)CC2)CC1. The molecular weight excluding hydrogens is 424 g/mol. The van der Waals surface area contributed by atoms with E-state index in [4.69, 9.17) is 0 Å². The first kappa shape index (κ1) is 22.9. The predicted octanol–water partition coefficient (Wildman–Crippen LogP) is 2.30. The highest BCUT2D eigenvalue weighted by Crippen LogP contribution is 2.23. The Hall–Kier alpha value is -2.29. The van der Waals surface area contributed by atoms with Crippen LogP contribution in [0.2, 0.25) is 0 Å². The first-order chi connectivity index (χ1) is 15.4. The van der Waals surface area contributed by atoms with Crippen molar-refractivity contribution < 1.29 is 13.2 Å². The Labute approximate surface area is 191 Å². The quantitative estimate of drug-likeness (QED) is 0.687. The van der Waals surface area contributed by atoms with Crippen LogP contribution in [-0.2, 0) is 16.4 Å². The fourth-order valence-electron chi connectivity index (χ4n) is 4.86. The molecule has 0 radical (unpaired) electrons. The lowest BCUT2D eigenvalue weighted by Gasteiger charge is -2.38. The third kappa shape index (κ3) is 5.54. The van der Waals surface area contributed by atoms with Gasteiger partial charge < -0.3 is 4.90 Å². The molecular formula is C24H32N4O3S. The van der Waals surface area contributed by atoms with Gasteiger partial charge in [-0.05, 0) is 56.1 Å². The molecule has 2 aliphatic rings. The Morgan fingerprint density at radius 2 is 1.69 bits per heavy atom. The van der Waals surface area contributed by atoms with E-state index in [0.717, 1.165) is 64.1 Å². The molecule has 1 amide bonds. The van der Waals surface area contributed by atoms with Crippen LogP contribution in [0.1, 0.15) is 35.2 Å². The topological polar surface area (TPSA) is 73.8 Å². The Morgan fingerprint density at radius 3 is 2.41 bits per heavy atom. The van der Waals surface area contributed by atoms with Gasteiger partial charge in [0.05, 0.1) is 4.90 Å². The molecule has 2 saturated heterocycles. The maximum absolute atomic E-state index is 12.8. The summed E-state index contributed by atoms with van der Waals surface area (Å²) < 4.78 is 24.2. The van der Waals surface area contributed by atoms with E-state index in [1.54, 1.807) is 36.7 Å². The van der Waals surface area contributed by atoms with Gasteiger partial charge in [0.1, 0.15) is 0 Å².